The SMILES string of the molecule is CCCCCCCCCCCCCCCCCCCCCCCCC(=O)O[C@H](COC(=O)CCCCCCCCCCCC(C)C)COP(=O)(O)OC[C@@H](O)COP(=O)(O)OC[C@@H](COC(=O)CCCCCCCCC(C)C)OC(=O)CCCCCCCCCCCCCC. The van der Waals surface area contributed by atoms with Gasteiger partial charge in [-0.1, -0.05) is 343 Å². The van der Waals surface area contributed by atoms with Gasteiger partial charge in [0.05, 0.1) is 26.4 Å². The summed E-state index contributed by atoms with van der Waals surface area (Å²) < 4.78 is 68.4. The summed E-state index contributed by atoms with van der Waals surface area (Å²) in [5, 5.41) is 10.6. The van der Waals surface area contributed by atoms with Gasteiger partial charge in [-0.3, -0.25) is 37.3 Å². The lowest BCUT2D eigenvalue weighted by Gasteiger charge is -2.21. The van der Waals surface area contributed by atoms with Crippen LogP contribution in [0.15, 0.2) is 0 Å². The Morgan fingerprint density at radius 2 is 0.484 bits per heavy atom. The van der Waals surface area contributed by atoms with Crippen LogP contribution in [0.1, 0.15) is 395 Å². The third-order valence-electron chi connectivity index (χ3n) is 17.7. The maximum absolute atomic E-state index is 13.1. The Labute approximate surface area is 581 Å². The largest absolute Gasteiger partial charge is 0.472 e. The molecule has 0 aliphatic heterocycles. The van der Waals surface area contributed by atoms with Crippen LogP contribution in [0.4, 0.5) is 0 Å². The van der Waals surface area contributed by atoms with E-state index in [1.165, 1.54) is 205 Å². The van der Waals surface area contributed by atoms with Crippen molar-refractivity contribution in [1.29, 1.82) is 0 Å². The molecule has 0 aliphatic rings. The zero-order chi connectivity index (χ0) is 70.0. The summed E-state index contributed by atoms with van der Waals surface area (Å²) >= 11 is 0. The number of unbranched alkanes of at least 4 members (excludes halogenated alkanes) is 45. The summed E-state index contributed by atoms with van der Waals surface area (Å²) in [7, 11) is -9.91. The normalized spacial score (nSPS) is 14.0. The molecule has 0 spiro atoms. The number of ether oxygens (including phenoxy) is 4. The summed E-state index contributed by atoms with van der Waals surface area (Å²) in [6, 6.07) is 0. The number of carbonyl (C=O) groups is 4. The minimum absolute atomic E-state index is 0.106. The number of carbonyl (C=O) groups excluding carboxylic acids is 4. The van der Waals surface area contributed by atoms with E-state index in [1.807, 2.05) is 0 Å². The molecule has 3 N–H and O–H groups in total. The molecule has 0 aliphatic carbocycles. The topological polar surface area (TPSA) is 237 Å². The molecule has 19 heteroatoms. The van der Waals surface area contributed by atoms with Crippen LogP contribution in [0, 0.1) is 11.8 Å². The van der Waals surface area contributed by atoms with Gasteiger partial charge in [-0.2, -0.15) is 0 Å². The molecule has 0 bridgehead atoms. The number of aliphatic hydroxyl groups excluding tert-OH is 1. The van der Waals surface area contributed by atoms with Gasteiger partial charge in [0.2, 0.25) is 0 Å². The molecular formula is C76H148O17P2. The van der Waals surface area contributed by atoms with Crippen molar-refractivity contribution in [1.82, 2.24) is 0 Å². The molecule has 0 fully saturated rings. The number of esters is 4. The van der Waals surface area contributed by atoms with E-state index in [9.17, 15) is 43.2 Å². The minimum atomic E-state index is -4.96. The third-order valence-corrected chi connectivity index (χ3v) is 19.6. The van der Waals surface area contributed by atoms with Gasteiger partial charge in [-0.25, -0.2) is 9.13 Å². The Balaban J connectivity index is 5.16. The van der Waals surface area contributed by atoms with Gasteiger partial charge in [0.25, 0.3) is 0 Å². The molecule has 5 atom stereocenters. The second-order valence-electron chi connectivity index (χ2n) is 28.3. The molecule has 0 aromatic heterocycles. The summed E-state index contributed by atoms with van der Waals surface area (Å²) in [5.74, 6) is -0.696. The number of hydrogen-bond donors (Lipinski definition) is 3. The highest BCUT2D eigenvalue weighted by molar-refractivity contribution is 7.47. The molecule has 0 saturated carbocycles. The molecule has 564 valence electrons. The van der Waals surface area contributed by atoms with E-state index in [-0.39, 0.29) is 25.7 Å². The van der Waals surface area contributed by atoms with E-state index in [1.54, 1.807) is 0 Å². The van der Waals surface area contributed by atoms with Crippen molar-refractivity contribution in [2.75, 3.05) is 39.6 Å². The standard InChI is InChI=1S/C76H148O17P2/c1-7-9-11-13-15-17-19-21-22-23-24-25-26-27-28-29-30-32-36-41-49-55-61-76(81)92-71(64-86-73(78)58-52-46-39-37-33-34-38-44-50-56-68(3)4)66-90-94(82,83)88-62-70(77)63-89-95(84,85)91-67-72(65-87-74(79)59-53-47-43-42-45-51-57-69(5)6)93-75(80)60-54-48-40-35-31-20-18-16-14-12-10-8-2/h68-72,77H,7-67H2,1-6H3,(H,82,83)(H,84,85)/t70-,71-,72-/m1/s1. The van der Waals surface area contributed by atoms with E-state index < -0.39 is 97.5 Å². The predicted octanol–water partition coefficient (Wildman–Crippen LogP) is 22.3. The Morgan fingerprint density at radius 3 is 0.716 bits per heavy atom. The van der Waals surface area contributed by atoms with Gasteiger partial charge >= 0.3 is 39.5 Å². The van der Waals surface area contributed by atoms with Crippen molar-refractivity contribution in [3.05, 3.63) is 0 Å². The second kappa shape index (κ2) is 67.9. The van der Waals surface area contributed by atoms with Crippen molar-refractivity contribution < 1.29 is 80.2 Å². The van der Waals surface area contributed by atoms with Gasteiger partial charge < -0.3 is 33.8 Å². The van der Waals surface area contributed by atoms with Gasteiger partial charge in [-0.15, -0.1) is 0 Å². The fraction of sp³-hybridized carbons (Fsp3) is 0.947. The van der Waals surface area contributed by atoms with Crippen molar-refractivity contribution >= 4 is 39.5 Å². The van der Waals surface area contributed by atoms with Crippen LogP contribution < -0.4 is 0 Å². The lowest BCUT2D eigenvalue weighted by molar-refractivity contribution is -0.161. The monoisotopic (exact) mass is 1400 g/mol. The molecule has 0 amide bonds. The highest BCUT2D eigenvalue weighted by Gasteiger charge is 2.30. The summed E-state index contributed by atoms with van der Waals surface area (Å²) in [6.07, 6.45) is 55.8. The summed E-state index contributed by atoms with van der Waals surface area (Å²) in [6.45, 7) is 9.48. The Hall–Kier alpha value is -1.94. The first-order valence-electron chi connectivity index (χ1n) is 39.5. The lowest BCUT2D eigenvalue weighted by Crippen LogP contribution is -2.30. The third kappa shape index (κ3) is 70.3. The van der Waals surface area contributed by atoms with Crippen molar-refractivity contribution in [2.24, 2.45) is 11.8 Å². The molecule has 95 heavy (non-hydrogen) atoms. The van der Waals surface area contributed by atoms with Crippen LogP contribution in [-0.4, -0.2) is 96.7 Å². The highest BCUT2D eigenvalue weighted by atomic mass is 31.2. The van der Waals surface area contributed by atoms with Crippen molar-refractivity contribution in [3.63, 3.8) is 0 Å². The summed E-state index contributed by atoms with van der Waals surface area (Å²) in [5.41, 5.74) is 0. The van der Waals surface area contributed by atoms with E-state index in [2.05, 4.69) is 41.5 Å². The van der Waals surface area contributed by atoms with Crippen LogP contribution in [0.2, 0.25) is 0 Å². The predicted molar refractivity (Wildman–Crippen MR) is 386 cm³/mol. The molecule has 0 saturated heterocycles. The average Bonchev–Trinajstić information content (AvgIpc) is 1.53. The molecular weight excluding hydrogens is 1250 g/mol. The number of hydrogen-bond acceptors (Lipinski definition) is 15. The molecule has 2 unspecified atom stereocenters. The number of aliphatic hydroxyl groups is 1. The zero-order valence-electron chi connectivity index (χ0n) is 62.0. The van der Waals surface area contributed by atoms with E-state index in [4.69, 9.17) is 37.0 Å². The average molecular weight is 1400 g/mol. The Kier molecular flexibility index (Phi) is 66.5. The molecule has 0 radical (unpaired) electrons. The summed E-state index contributed by atoms with van der Waals surface area (Å²) in [4.78, 5) is 72.7. The highest BCUT2D eigenvalue weighted by Crippen LogP contribution is 2.45. The van der Waals surface area contributed by atoms with Crippen LogP contribution >= 0.6 is 15.6 Å². The lowest BCUT2D eigenvalue weighted by atomic mass is 10.0. The van der Waals surface area contributed by atoms with Gasteiger partial charge in [0, 0.05) is 25.7 Å². The Bertz CT molecular complexity index is 1840. The molecule has 17 nitrogen and oxygen atoms in total. The van der Waals surface area contributed by atoms with Gasteiger partial charge in [0.1, 0.15) is 19.3 Å². The van der Waals surface area contributed by atoms with Gasteiger partial charge in [0.15, 0.2) is 12.2 Å². The molecule has 0 aromatic carbocycles. The van der Waals surface area contributed by atoms with Crippen LogP contribution in [0.25, 0.3) is 0 Å². The van der Waals surface area contributed by atoms with Crippen molar-refractivity contribution in [2.45, 2.75) is 413 Å². The quantitative estimate of drug-likeness (QED) is 0.0222. The maximum Gasteiger partial charge on any atom is 0.472 e. The molecule has 0 aromatic rings. The fourth-order valence-electron chi connectivity index (χ4n) is 11.7. The zero-order valence-corrected chi connectivity index (χ0v) is 63.8. The van der Waals surface area contributed by atoms with Crippen molar-refractivity contribution in [3.8, 4) is 0 Å². The number of phosphoric ester groups is 2. The number of phosphoric acid groups is 2. The second-order valence-corrected chi connectivity index (χ2v) is 31.3. The van der Waals surface area contributed by atoms with E-state index in [0.717, 1.165) is 102 Å². The molecule has 0 heterocycles. The minimum Gasteiger partial charge on any atom is -0.462 e. The van der Waals surface area contributed by atoms with Crippen LogP contribution in [0.3, 0.4) is 0 Å². The first-order valence-corrected chi connectivity index (χ1v) is 42.5. The van der Waals surface area contributed by atoms with Gasteiger partial charge in [-0.05, 0) is 37.5 Å². The maximum atomic E-state index is 13.1. The Morgan fingerprint density at radius 1 is 0.284 bits per heavy atom. The number of rotatable bonds is 75. The fourth-order valence-corrected chi connectivity index (χ4v) is 13.2. The first kappa shape index (κ1) is 93.1. The van der Waals surface area contributed by atoms with E-state index >= 15 is 0 Å². The van der Waals surface area contributed by atoms with E-state index in [0.29, 0.717) is 31.6 Å². The first-order chi connectivity index (χ1) is 45.9. The smallest absolute Gasteiger partial charge is 0.462 e. The molecule has 0 rings (SSSR count). The van der Waals surface area contributed by atoms with Crippen LogP contribution in [-0.2, 0) is 65.4 Å². The van der Waals surface area contributed by atoms with Crippen LogP contribution in [0.5, 0.6) is 0 Å².